The lowest BCUT2D eigenvalue weighted by Gasteiger charge is -2.36. The van der Waals surface area contributed by atoms with Crippen LogP contribution >= 0.6 is 22.9 Å². The summed E-state index contributed by atoms with van der Waals surface area (Å²) in [6.45, 7) is 4.44. The maximum atomic E-state index is 13.1. The fraction of sp³-hybridized carbons (Fsp3) is 0.320. The van der Waals surface area contributed by atoms with E-state index in [0.717, 1.165) is 40.6 Å². The maximum Gasteiger partial charge on any atom is 0.251 e. The number of carbonyl (C=O) groups is 1. The predicted molar refractivity (Wildman–Crippen MR) is 128 cm³/mol. The molecule has 1 aliphatic rings. The van der Waals surface area contributed by atoms with Crippen LogP contribution in [-0.4, -0.2) is 28.9 Å². The monoisotopic (exact) mass is 482 g/mol. The first-order chi connectivity index (χ1) is 15.9. The number of aromatic nitrogens is 1. The van der Waals surface area contributed by atoms with Crippen LogP contribution in [-0.2, 0) is 18.5 Å². The van der Waals surface area contributed by atoms with Crippen molar-refractivity contribution in [1.29, 1.82) is 5.26 Å². The Balaban J connectivity index is 1.36. The van der Waals surface area contributed by atoms with Gasteiger partial charge in [-0.15, -0.1) is 11.3 Å². The van der Waals surface area contributed by atoms with E-state index >= 15 is 0 Å². The molecule has 0 atom stereocenters. The van der Waals surface area contributed by atoms with Gasteiger partial charge in [0.1, 0.15) is 16.2 Å². The van der Waals surface area contributed by atoms with Crippen molar-refractivity contribution in [1.82, 2.24) is 15.2 Å². The Kier molecular flexibility index (Phi) is 7.08. The quantitative estimate of drug-likeness (QED) is 0.522. The predicted octanol–water partition coefficient (Wildman–Crippen LogP) is 5.23. The Labute approximate surface area is 201 Å². The molecular formula is C25H24ClFN4OS. The van der Waals surface area contributed by atoms with Crippen molar-refractivity contribution in [2.24, 2.45) is 0 Å². The summed E-state index contributed by atoms with van der Waals surface area (Å²) in [5.41, 5.74) is 1.74. The average molecular weight is 483 g/mol. The van der Waals surface area contributed by atoms with Crippen molar-refractivity contribution in [3.05, 3.63) is 86.1 Å². The first-order valence-corrected chi connectivity index (χ1v) is 12.0. The molecule has 4 rings (SSSR count). The van der Waals surface area contributed by atoms with Crippen LogP contribution < -0.4 is 5.32 Å². The van der Waals surface area contributed by atoms with Gasteiger partial charge in [-0.3, -0.25) is 9.69 Å². The minimum Gasteiger partial charge on any atom is -0.347 e. The average Bonchev–Trinajstić information content (AvgIpc) is 3.31. The van der Waals surface area contributed by atoms with Crippen LogP contribution in [0.1, 0.15) is 44.2 Å². The van der Waals surface area contributed by atoms with E-state index in [-0.39, 0.29) is 11.7 Å². The van der Waals surface area contributed by atoms with Gasteiger partial charge < -0.3 is 5.32 Å². The Morgan fingerprint density at radius 1 is 1.27 bits per heavy atom. The molecule has 1 fully saturated rings. The molecule has 5 nitrogen and oxygen atoms in total. The topological polar surface area (TPSA) is 69.0 Å². The summed E-state index contributed by atoms with van der Waals surface area (Å²) >= 11 is 7.60. The fourth-order valence-corrected chi connectivity index (χ4v) is 5.26. The number of piperidine rings is 1. The van der Waals surface area contributed by atoms with Gasteiger partial charge in [0, 0.05) is 41.3 Å². The van der Waals surface area contributed by atoms with Crippen molar-refractivity contribution < 1.29 is 9.18 Å². The minimum absolute atomic E-state index is 0.186. The van der Waals surface area contributed by atoms with Crippen LogP contribution in [0.3, 0.4) is 0 Å². The van der Waals surface area contributed by atoms with Crippen molar-refractivity contribution in [2.75, 3.05) is 13.1 Å². The summed E-state index contributed by atoms with van der Waals surface area (Å²) in [6, 6.07) is 14.3. The van der Waals surface area contributed by atoms with Crippen molar-refractivity contribution >= 4 is 28.8 Å². The zero-order chi connectivity index (χ0) is 23.4. The highest BCUT2D eigenvalue weighted by Crippen LogP contribution is 2.37. The number of rotatable bonds is 6. The highest BCUT2D eigenvalue weighted by atomic mass is 35.5. The van der Waals surface area contributed by atoms with Crippen molar-refractivity contribution in [3.63, 3.8) is 0 Å². The summed E-state index contributed by atoms with van der Waals surface area (Å²) in [4.78, 5) is 20.3. The minimum atomic E-state index is -0.615. The molecule has 0 spiro atoms. The van der Waals surface area contributed by atoms with E-state index in [2.05, 4.69) is 21.3 Å². The molecule has 3 aromatic rings. The number of thiazole rings is 1. The van der Waals surface area contributed by atoms with Crippen LogP contribution in [0.15, 0.2) is 48.7 Å². The molecule has 33 heavy (non-hydrogen) atoms. The number of halogens is 2. The third kappa shape index (κ3) is 5.25. The number of nitrogens with zero attached hydrogens (tertiary/aromatic N) is 3. The van der Waals surface area contributed by atoms with E-state index in [1.165, 1.54) is 23.5 Å². The van der Waals surface area contributed by atoms with E-state index in [0.29, 0.717) is 30.0 Å². The Hall–Kier alpha value is -2.79. The summed E-state index contributed by atoms with van der Waals surface area (Å²) in [7, 11) is 0. The molecule has 0 aliphatic carbocycles. The molecule has 1 aliphatic heterocycles. The normalized spacial score (nSPS) is 15.7. The molecule has 8 heteroatoms. The van der Waals surface area contributed by atoms with E-state index in [9.17, 15) is 14.4 Å². The summed E-state index contributed by atoms with van der Waals surface area (Å²) in [5, 5.41) is 14.3. The molecule has 1 aromatic heterocycles. The number of amides is 1. The molecule has 170 valence electrons. The Bertz CT molecular complexity index is 1180. The lowest BCUT2D eigenvalue weighted by molar-refractivity contribution is 0.0950. The van der Waals surface area contributed by atoms with Crippen molar-refractivity contribution in [3.8, 4) is 6.07 Å². The summed E-state index contributed by atoms with van der Waals surface area (Å²) in [6.07, 6.45) is 3.12. The second-order valence-corrected chi connectivity index (χ2v) is 9.85. The third-order valence-electron chi connectivity index (χ3n) is 6.14. The van der Waals surface area contributed by atoms with E-state index in [4.69, 9.17) is 11.6 Å². The van der Waals surface area contributed by atoms with Crippen LogP contribution in [0.2, 0.25) is 5.02 Å². The van der Waals surface area contributed by atoms with Gasteiger partial charge in [0.15, 0.2) is 0 Å². The van der Waals surface area contributed by atoms with E-state index in [1.807, 2.05) is 6.92 Å². The third-order valence-corrected chi connectivity index (χ3v) is 7.75. The standard InChI is InChI=1S/C25H24ClFN4OS/c1-17-21(3-2-4-22(17)26)23(32)29-13-20-14-30-24(33-20)25(16-28)9-11-31(12-10-25)15-18-5-7-19(27)8-6-18/h2-8,14H,9-13,15H2,1H3,(H,29,32). The number of likely N-dealkylation sites (tertiary alicyclic amines) is 1. The zero-order valence-corrected chi connectivity index (χ0v) is 19.8. The smallest absolute Gasteiger partial charge is 0.251 e. The molecule has 1 saturated heterocycles. The molecule has 0 saturated carbocycles. The molecule has 1 amide bonds. The van der Waals surface area contributed by atoms with Crippen LogP contribution in [0, 0.1) is 24.1 Å². The number of hydrogen-bond acceptors (Lipinski definition) is 5. The molecule has 0 bridgehead atoms. The SMILES string of the molecule is Cc1c(Cl)cccc1C(=O)NCc1cnc(C2(C#N)CCN(Cc3ccc(F)cc3)CC2)s1. The Morgan fingerprint density at radius 3 is 2.70 bits per heavy atom. The van der Waals surface area contributed by atoms with E-state index < -0.39 is 5.41 Å². The van der Waals surface area contributed by atoms with Crippen LogP contribution in [0.25, 0.3) is 0 Å². The van der Waals surface area contributed by atoms with Crippen LogP contribution in [0.4, 0.5) is 4.39 Å². The Morgan fingerprint density at radius 2 is 2.00 bits per heavy atom. The van der Waals surface area contributed by atoms with Gasteiger partial charge in [-0.25, -0.2) is 9.37 Å². The fourth-order valence-electron chi connectivity index (χ4n) is 4.04. The van der Waals surface area contributed by atoms with Gasteiger partial charge in [0.05, 0.1) is 12.6 Å². The highest BCUT2D eigenvalue weighted by Gasteiger charge is 2.39. The zero-order valence-electron chi connectivity index (χ0n) is 18.3. The van der Waals surface area contributed by atoms with Gasteiger partial charge in [-0.1, -0.05) is 29.8 Å². The van der Waals surface area contributed by atoms with Crippen LogP contribution in [0.5, 0.6) is 0 Å². The summed E-state index contributed by atoms with van der Waals surface area (Å²) in [5.74, 6) is -0.423. The molecule has 2 aromatic carbocycles. The molecular weight excluding hydrogens is 459 g/mol. The lowest BCUT2D eigenvalue weighted by atomic mass is 9.80. The van der Waals surface area contributed by atoms with Crippen molar-refractivity contribution in [2.45, 2.75) is 38.3 Å². The second kappa shape index (κ2) is 10.0. The summed E-state index contributed by atoms with van der Waals surface area (Å²) < 4.78 is 13.1. The van der Waals surface area contributed by atoms with Gasteiger partial charge in [-0.2, -0.15) is 5.26 Å². The van der Waals surface area contributed by atoms with E-state index in [1.54, 1.807) is 36.5 Å². The molecule has 1 N–H and O–H groups in total. The number of nitrogens with one attached hydrogen (secondary N) is 1. The lowest BCUT2D eigenvalue weighted by Crippen LogP contribution is -2.41. The first-order valence-electron chi connectivity index (χ1n) is 10.8. The first kappa shape index (κ1) is 23.4. The highest BCUT2D eigenvalue weighted by molar-refractivity contribution is 7.11. The van der Waals surface area contributed by atoms with Gasteiger partial charge in [0.2, 0.25) is 0 Å². The number of hydrogen-bond donors (Lipinski definition) is 1. The number of benzene rings is 2. The maximum absolute atomic E-state index is 13.1. The van der Waals surface area contributed by atoms with Gasteiger partial charge in [0.25, 0.3) is 5.91 Å². The number of nitriles is 1. The van der Waals surface area contributed by atoms with Gasteiger partial charge in [-0.05, 0) is 55.2 Å². The second-order valence-electron chi connectivity index (χ2n) is 8.32. The molecule has 0 unspecified atom stereocenters. The molecule has 0 radical (unpaired) electrons. The van der Waals surface area contributed by atoms with Gasteiger partial charge >= 0.3 is 0 Å². The molecule has 2 heterocycles. The largest absolute Gasteiger partial charge is 0.347 e. The number of carbonyl (C=O) groups excluding carboxylic acids is 1.